The van der Waals surface area contributed by atoms with E-state index in [0.29, 0.717) is 0 Å². The van der Waals surface area contributed by atoms with Crippen molar-refractivity contribution < 1.29 is 41.0 Å². The second-order valence-electron chi connectivity index (χ2n) is 10.3. The standard InChI is InChI=1S/C29H27F5N4O4/c1-15-25(38-13-17(30)11-24(26(38)36-15)41-14-18-19(31)6-5-7-20(18)32)27(39)37-23(12-35-28(40)42-29(2,3)4)16-8-9-21(33)22(34)10-16/h5-11,13,23H,12,14H2,1-4H3,(H,35,40)(H,37,39). The molecule has 0 spiro atoms. The molecule has 4 aromatic rings. The number of hydrogen-bond donors (Lipinski definition) is 2. The van der Waals surface area contributed by atoms with Gasteiger partial charge in [-0.15, -0.1) is 0 Å². The maximum atomic E-state index is 14.6. The van der Waals surface area contributed by atoms with Crippen LogP contribution in [0.2, 0.25) is 0 Å². The van der Waals surface area contributed by atoms with Crippen LogP contribution in [-0.2, 0) is 11.3 Å². The molecule has 42 heavy (non-hydrogen) atoms. The second-order valence-corrected chi connectivity index (χ2v) is 10.3. The number of nitrogens with zero attached hydrogens (tertiary/aromatic N) is 2. The van der Waals surface area contributed by atoms with Gasteiger partial charge in [-0.25, -0.2) is 31.7 Å². The van der Waals surface area contributed by atoms with Crippen molar-refractivity contribution in [3.05, 3.63) is 100 Å². The molecule has 0 aliphatic carbocycles. The smallest absolute Gasteiger partial charge is 0.407 e. The minimum atomic E-state index is -1.18. The second kappa shape index (κ2) is 12.0. The molecule has 2 amide bonds. The Kier molecular flexibility index (Phi) is 8.69. The molecule has 2 N–H and O–H groups in total. The van der Waals surface area contributed by atoms with E-state index in [1.165, 1.54) is 19.1 Å². The van der Waals surface area contributed by atoms with Crippen LogP contribution in [0.1, 0.15) is 54.1 Å². The van der Waals surface area contributed by atoms with Gasteiger partial charge in [-0.1, -0.05) is 12.1 Å². The molecule has 13 heteroatoms. The SMILES string of the molecule is Cc1nc2c(OCc3c(F)cccc3F)cc(F)cn2c1C(=O)NC(CNC(=O)OC(C)(C)C)c1ccc(F)c(F)c1. The topological polar surface area (TPSA) is 94.0 Å². The van der Waals surface area contributed by atoms with Crippen LogP contribution in [0.5, 0.6) is 5.75 Å². The average molecular weight is 591 g/mol. The van der Waals surface area contributed by atoms with Crippen LogP contribution in [-0.4, -0.2) is 33.5 Å². The summed E-state index contributed by atoms with van der Waals surface area (Å²) in [6, 6.07) is 6.12. The van der Waals surface area contributed by atoms with Crippen LogP contribution in [0.3, 0.4) is 0 Å². The number of pyridine rings is 1. The highest BCUT2D eigenvalue weighted by Gasteiger charge is 2.25. The van der Waals surface area contributed by atoms with Crippen molar-refractivity contribution in [1.82, 2.24) is 20.0 Å². The fraction of sp³-hybridized carbons (Fsp3) is 0.276. The Bertz CT molecular complexity index is 1630. The van der Waals surface area contributed by atoms with E-state index in [9.17, 15) is 31.5 Å². The number of ether oxygens (including phenoxy) is 2. The fourth-order valence-electron chi connectivity index (χ4n) is 4.10. The van der Waals surface area contributed by atoms with Crippen molar-refractivity contribution >= 4 is 17.6 Å². The van der Waals surface area contributed by atoms with Crippen molar-refractivity contribution in [3.63, 3.8) is 0 Å². The number of aryl methyl sites for hydroxylation is 1. The number of amides is 2. The number of imidazole rings is 1. The Balaban J connectivity index is 1.64. The van der Waals surface area contributed by atoms with E-state index in [2.05, 4.69) is 15.6 Å². The van der Waals surface area contributed by atoms with Gasteiger partial charge in [0, 0.05) is 18.8 Å². The zero-order valence-corrected chi connectivity index (χ0v) is 23.0. The first-order valence-corrected chi connectivity index (χ1v) is 12.7. The third-order valence-corrected chi connectivity index (χ3v) is 5.98. The van der Waals surface area contributed by atoms with Crippen molar-refractivity contribution in [2.24, 2.45) is 0 Å². The summed E-state index contributed by atoms with van der Waals surface area (Å²) in [4.78, 5) is 30.0. The lowest BCUT2D eigenvalue weighted by atomic mass is 10.1. The van der Waals surface area contributed by atoms with Gasteiger partial charge in [0.1, 0.15) is 35.4 Å². The first-order chi connectivity index (χ1) is 19.7. The van der Waals surface area contributed by atoms with Crippen LogP contribution >= 0.6 is 0 Å². The fourth-order valence-corrected chi connectivity index (χ4v) is 4.10. The van der Waals surface area contributed by atoms with E-state index in [0.717, 1.165) is 40.9 Å². The molecule has 0 bridgehead atoms. The number of aromatic nitrogens is 2. The molecule has 2 heterocycles. The number of rotatable bonds is 8. The van der Waals surface area contributed by atoms with Crippen LogP contribution in [0.4, 0.5) is 26.7 Å². The van der Waals surface area contributed by atoms with Crippen LogP contribution in [0, 0.1) is 36.0 Å². The number of nitrogens with one attached hydrogen (secondary N) is 2. The molecule has 1 unspecified atom stereocenters. The number of carbonyl (C=O) groups excluding carboxylic acids is 2. The number of carbonyl (C=O) groups is 2. The van der Waals surface area contributed by atoms with E-state index >= 15 is 0 Å². The van der Waals surface area contributed by atoms with Gasteiger partial charge in [-0.2, -0.15) is 0 Å². The summed E-state index contributed by atoms with van der Waals surface area (Å²) in [6.07, 6.45) is 0.150. The predicted molar refractivity (Wildman–Crippen MR) is 141 cm³/mol. The number of alkyl carbamates (subject to hydrolysis) is 1. The van der Waals surface area contributed by atoms with Gasteiger partial charge in [0.25, 0.3) is 5.91 Å². The first kappa shape index (κ1) is 30.3. The van der Waals surface area contributed by atoms with E-state index in [-0.39, 0.29) is 40.5 Å². The van der Waals surface area contributed by atoms with Gasteiger partial charge >= 0.3 is 6.09 Å². The lowest BCUT2D eigenvalue weighted by Crippen LogP contribution is -2.40. The molecule has 0 aliphatic heterocycles. The van der Waals surface area contributed by atoms with Crippen LogP contribution in [0.25, 0.3) is 5.65 Å². The van der Waals surface area contributed by atoms with Crippen molar-refractivity contribution in [1.29, 1.82) is 0 Å². The summed E-state index contributed by atoms with van der Waals surface area (Å²) in [5, 5.41) is 5.10. The lowest BCUT2D eigenvalue weighted by molar-refractivity contribution is 0.0519. The number of halogens is 5. The van der Waals surface area contributed by atoms with E-state index < -0.39 is 59.3 Å². The number of fused-ring (bicyclic) bond motifs is 1. The highest BCUT2D eigenvalue weighted by atomic mass is 19.2. The van der Waals surface area contributed by atoms with Crippen molar-refractivity contribution in [3.8, 4) is 5.75 Å². The molecule has 0 radical (unpaired) electrons. The summed E-state index contributed by atoms with van der Waals surface area (Å²) in [5.41, 5.74) is -1.12. The molecule has 222 valence electrons. The molecular formula is C29H27F5N4O4. The zero-order valence-electron chi connectivity index (χ0n) is 23.0. The molecule has 4 rings (SSSR count). The highest BCUT2D eigenvalue weighted by Crippen LogP contribution is 2.26. The zero-order chi connectivity index (χ0) is 30.8. The number of benzene rings is 2. The van der Waals surface area contributed by atoms with Gasteiger partial charge in [0.05, 0.1) is 17.3 Å². The molecule has 2 aromatic heterocycles. The normalized spacial score (nSPS) is 12.2. The van der Waals surface area contributed by atoms with Crippen LogP contribution in [0.15, 0.2) is 48.7 Å². The molecule has 0 saturated heterocycles. The van der Waals surface area contributed by atoms with Gasteiger partial charge in [-0.3, -0.25) is 9.20 Å². The molecule has 2 aromatic carbocycles. The maximum absolute atomic E-state index is 14.6. The van der Waals surface area contributed by atoms with E-state index in [4.69, 9.17) is 9.47 Å². The average Bonchev–Trinajstić information content (AvgIpc) is 3.22. The monoisotopic (exact) mass is 590 g/mol. The van der Waals surface area contributed by atoms with Crippen molar-refractivity contribution in [2.45, 2.75) is 45.9 Å². The van der Waals surface area contributed by atoms with E-state index in [1.54, 1.807) is 20.8 Å². The van der Waals surface area contributed by atoms with Crippen molar-refractivity contribution in [2.75, 3.05) is 6.54 Å². The summed E-state index contributed by atoms with van der Waals surface area (Å²) in [7, 11) is 0. The third kappa shape index (κ3) is 6.96. The summed E-state index contributed by atoms with van der Waals surface area (Å²) >= 11 is 0. The Morgan fingerprint density at radius 1 is 0.976 bits per heavy atom. The van der Waals surface area contributed by atoms with E-state index in [1.807, 2.05) is 0 Å². The minimum absolute atomic E-state index is 0.0212. The Morgan fingerprint density at radius 2 is 1.67 bits per heavy atom. The summed E-state index contributed by atoms with van der Waals surface area (Å²) < 4.78 is 82.3. The van der Waals surface area contributed by atoms with Crippen LogP contribution < -0.4 is 15.4 Å². The van der Waals surface area contributed by atoms with Gasteiger partial charge < -0.3 is 20.1 Å². The Hall–Kier alpha value is -4.68. The first-order valence-electron chi connectivity index (χ1n) is 12.7. The predicted octanol–water partition coefficient (Wildman–Crippen LogP) is 5.91. The largest absolute Gasteiger partial charge is 0.485 e. The van der Waals surface area contributed by atoms with Gasteiger partial charge in [-0.05, 0) is 57.5 Å². The lowest BCUT2D eigenvalue weighted by Gasteiger charge is -2.23. The summed E-state index contributed by atoms with van der Waals surface area (Å²) in [5.74, 6) is -5.84. The molecular weight excluding hydrogens is 563 g/mol. The quantitative estimate of drug-likeness (QED) is 0.249. The highest BCUT2D eigenvalue weighted by molar-refractivity contribution is 5.95. The third-order valence-electron chi connectivity index (χ3n) is 5.98. The molecule has 8 nitrogen and oxygen atoms in total. The molecule has 1 atom stereocenters. The Labute approximate surface area is 237 Å². The molecule has 0 aliphatic rings. The van der Waals surface area contributed by atoms with Gasteiger partial charge in [0.15, 0.2) is 23.0 Å². The Morgan fingerprint density at radius 3 is 2.31 bits per heavy atom. The van der Waals surface area contributed by atoms with Gasteiger partial charge in [0.2, 0.25) is 0 Å². The molecule has 0 fully saturated rings. The maximum Gasteiger partial charge on any atom is 0.407 e. The minimum Gasteiger partial charge on any atom is -0.485 e. The molecule has 0 saturated carbocycles. The summed E-state index contributed by atoms with van der Waals surface area (Å²) in [6.45, 7) is 5.56. The number of hydrogen-bond acceptors (Lipinski definition) is 5.